The van der Waals surface area contributed by atoms with Crippen LogP contribution in [0.5, 0.6) is 23.0 Å². The van der Waals surface area contributed by atoms with E-state index in [1.165, 1.54) is 6.20 Å². The van der Waals surface area contributed by atoms with E-state index in [1.807, 2.05) is 24.3 Å². The van der Waals surface area contributed by atoms with E-state index in [1.54, 1.807) is 67.1 Å². The molecule has 0 spiro atoms. The van der Waals surface area contributed by atoms with Gasteiger partial charge in [-0.3, -0.25) is 19.6 Å². The molecule has 2 aromatic heterocycles. The van der Waals surface area contributed by atoms with E-state index in [0.29, 0.717) is 61.4 Å². The quantitative estimate of drug-likeness (QED) is 0.0834. The third-order valence-electron chi connectivity index (χ3n) is 9.40. The monoisotopic (exact) mass is 775 g/mol. The zero-order valence-electron chi connectivity index (χ0n) is 31.5. The molecule has 0 radical (unpaired) electrons. The Labute approximate surface area is 336 Å². The lowest BCUT2D eigenvalue weighted by atomic mass is 9.92. The van der Waals surface area contributed by atoms with Crippen molar-refractivity contribution in [2.24, 2.45) is 0 Å². The fourth-order valence-electron chi connectivity index (χ4n) is 6.25. The highest BCUT2D eigenvalue weighted by molar-refractivity contribution is 6.30. The highest BCUT2D eigenvalue weighted by Crippen LogP contribution is 2.35. The number of pyridine rings is 2. The van der Waals surface area contributed by atoms with Gasteiger partial charge in [0.05, 0.1) is 21.7 Å². The van der Waals surface area contributed by atoms with Gasteiger partial charge in [-0.05, 0) is 71.5 Å². The molecule has 10 heteroatoms. The number of aldehydes is 2. The molecule has 2 heterocycles. The Bertz CT molecular complexity index is 2530. The van der Waals surface area contributed by atoms with Crippen molar-refractivity contribution in [3.63, 3.8) is 0 Å². The van der Waals surface area contributed by atoms with E-state index >= 15 is 0 Å². The standard InChI is InChI=1S/C47H38ClN3O6/c1-5-35-15-39(24-52)46(54-26-33-13-32(19-49)20-50-21-33)17-44(35)56-28-37-9-7-11-42(30(37)3)43-12-8-10-38(31(43)4)29-57-45-18-47(40(25-53)16-36(45)6-2)55-27-34-14-41(48)23-51-22-34/h5-18,20-25H,1-2,26-29H2,3-4H3. The molecule has 9 nitrogen and oxygen atoms in total. The molecule has 0 aliphatic heterocycles. The third-order valence-corrected chi connectivity index (χ3v) is 9.61. The van der Waals surface area contributed by atoms with Gasteiger partial charge in [0.2, 0.25) is 0 Å². The first-order valence-corrected chi connectivity index (χ1v) is 18.3. The highest BCUT2D eigenvalue weighted by atomic mass is 35.5. The summed E-state index contributed by atoms with van der Waals surface area (Å²) in [5.41, 5.74) is 10.0. The molecular formula is C47H38ClN3O6. The minimum atomic E-state index is 0.112. The lowest BCUT2D eigenvalue weighted by Crippen LogP contribution is -2.05. The summed E-state index contributed by atoms with van der Waals surface area (Å²) in [5, 5.41) is 9.71. The van der Waals surface area contributed by atoms with Crippen LogP contribution in [0.4, 0.5) is 0 Å². The summed E-state index contributed by atoms with van der Waals surface area (Å²) in [6.07, 6.45) is 11.0. The minimum absolute atomic E-state index is 0.112. The number of hydrogen-bond donors (Lipinski definition) is 0. The molecule has 0 saturated heterocycles. The molecule has 0 saturated carbocycles. The molecule has 0 unspecified atom stereocenters. The molecule has 6 aromatic rings. The first-order valence-electron chi connectivity index (χ1n) is 17.9. The van der Waals surface area contributed by atoms with Crippen molar-refractivity contribution in [3.8, 4) is 40.2 Å². The Morgan fingerprint density at radius 2 is 1.07 bits per heavy atom. The van der Waals surface area contributed by atoms with Gasteiger partial charge < -0.3 is 18.9 Å². The van der Waals surface area contributed by atoms with Crippen LogP contribution < -0.4 is 18.9 Å². The normalized spacial score (nSPS) is 10.6. The summed E-state index contributed by atoms with van der Waals surface area (Å²) in [5.74, 6) is 1.74. The number of nitrogens with zero attached hydrogens (tertiary/aromatic N) is 3. The number of ether oxygens (including phenoxy) is 4. The Hall–Kier alpha value is -7.02. The Balaban J connectivity index is 1.19. The van der Waals surface area contributed by atoms with Crippen LogP contribution in [-0.2, 0) is 26.4 Å². The van der Waals surface area contributed by atoms with Gasteiger partial charge in [0.15, 0.2) is 12.6 Å². The first-order chi connectivity index (χ1) is 27.7. The van der Waals surface area contributed by atoms with Gasteiger partial charge in [-0.25, -0.2) is 0 Å². The van der Waals surface area contributed by atoms with Crippen molar-refractivity contribution in [2.75, 3.05) is 0 Å². The van der Waals surface area contributed by atoms with E-state index in [-0.39, 0.29) is 26.4 Å². The first kappa shape index (κ1) is 39.7. The SMILES string of the molecule is C=Cc1cc(C=O)c(OCc2cncc(Cl)c2)cc1OCc1cccc(-c2cccc(COc3cc(OCc4cncc(C#N)c4)c(C=O)cc3C=C)c2C)c1C. The Kier molecular flexibility index (Phi) is 12.9. The molecule has 0 amide bonds. The van der Waals surface area contributed by atoms with Gasteiger partial charge in [-0.15, -0.1) is 0 Å². The molecule has 0 N–H and O–H groups in total. The molecule has 0 aliphatic rings. The van der Waals surface area contributed by atoms with Crippen molar-refractivity contribution in [1.29, 1.82) is 5.26 Å². The van der Waals surface area contributed by atoms with Gasteiger partial charge in [0.25, 0.3) is 0 Å². The topological polar surface area (TPSA) is 121 Å². The van der Waals surface area contributed by atoms with Gasteiger partial charge in [-0.1, -0.05) is 73.3 Å². The number of nitriles is 1. The fourth-order valence-corrected chi connectivity index (χ4v) is 6.45. The summed E-state index contributed by atoms with van der Waals surface area (Å²) >= 11 is 6.09. The van der Waals surface area contributed by atoms with Crippen molar-refractivity contribution in [2.45, 2.75) is 40.3 Å². The van der Waals surface area contributed by atoms with Crippen molar-refractivity contribution in [1.82, 2.24) is 9.97 Å². The largest absolute Gasteiger partial charge is 0.488 e. The van der Waals surface area contributed by atoms with Gasteiger partial charge in [0.1, 0.15) is 55.5 Å². The molecule has 4 aromatic carbocycles. The predicted molar refractivity (Wildman–Crippen MR) is 221 cm³/mol. The smallest absolute Gasteiger partial charge is 0.153 e. The van der Waals surface area contributed by atoms with Crippen molar-refractivity contribution >= 4 is 36.3 Å². The predicted octanol–water partition coefficient (Wildman–Crippen LogP) is 10.5. The number of hydrogen-bond acceptors (Lipinski definition) is 9. The lowest BCUT2D eigenvalue weighted by molar-refractivity contribution is 0.111. The summed E-state index contributed by atoms with van der Waals surface area (Å²) < 4.78 is 24.7. The van der Waals surface area contributed by atoms with E-state index in [9.17, 15) is 14.9 Å². The minimum Gasteiger partial charge on any atom is -0.488 e. The van der Waals surface area contributed by atoms with Crippen LogP contribution in [-0.4, -0.2) is 22.5 Å². The molecule has 284 valence electrons. The van der Waals surface area contributed by atoms with Crippen LogP contribution in [0.2, 0.25) is 5.02 Å². The second kappa shape index (κ2) is 18.5. The molecule has 0 aliphatic carbocycles. The van der Waals surface area contributed by atoms with Gasteiger partial charge >= 0.3 is 0 Å². The second-order valence-corrected chi connectivity index (χ2v) is 13.5. The summed E-state index contributed by atoms with van der Waals surface area (Å²) in [7, 11) is 0. The number of benzene rings is 4. The number of carbonyl (C=O) groups excluding carboxylic acids is 2. The molecular weight excluding hydrogens is 738 g/mol. The van der Waals surface area contributed by atoms with E-state index in [2.05, 4.69) is 55.2 Å². The maximum Gasteiger partial charge on any atom is 0.153 e. The highest BCUT2D eigenvalue weighted by Gasteiger charge is 2.16. The summed E-state index contributed by atoms with van der Waals surface area (Å²) in [6, 6.07) is 24.5. The fraction of sp³-hybridized carbons (Fsp3) is 0.128. The number of halogens is 1. The van der Waals surface area contributed by atoms with Crippen LogP contribution in [0, 0.1) is 25.2 Å². The van der Waals surface area contributed by atoms with Crippen LogP contribution in [0.25, 0.3) is 23.3 Å². The molecule has 6 rings (SSSR count). The number of carbonyl (C=O) groups is 2. The number of rotatable bonds is 17. The van der Waals surface area contributed by atoms with E-state index in [4.69, 9.17) is 30.5 Å². The second-order valence-electron chi connectivity index (χ2n) is 13.0. The average molecular weight is 776 g/mol. The van der Waals surface area contributed by atoms with E-state index in [0.717, 1.165) is 51.5 Å². The Morgan fingerprint density at radius 3 is 1.53 bits per heavy atom. The Morgan fingerprint density at radius 1 is 0.614 bits per heavy atom. The molecule has 0 atom stereocenters. The molecule has 0 fully saturated rings. The van der Waals surface area contributed by atoms with Crippen LogP contribution in [0.15, 0.2) is 111 Å². The summed E-state index contributed by atoms with van der Waals surface area (Å²) in [4.78, 5) is 32.1. The van der Waals surface area contributed by atoms with E-state index < -0.39 is 0 Å². The number of aromatic nitrogens is 2. The maximum absolute atomic E-state index is 12.0. The molecule has 57 heavy (non-hydrogen) atoms. The van der Waals surface area contributed by atoms with Crippen molar-refractivity contribution in [3.05, 3.63) is 177 Å². The lowest BCUT2D eigenvalue weighted by Gasteiger charge is -2.18. The summed E-state index contributed by atoms with van der Waals surface area (Å²) in [6.45, 7) is 12.7. The van der Waals surface area contributed by atoms with Crippen LogP contribution >= 0.6 is 11.6 Å². The maximum atomic E-state index is 12.0. The van der Waals surface area contributed by atoms with Gasteiger partial charge in [0, 0.05) is 59.2 Å². The van der Waals surface area contributed by atoms with Crippen LogP contribution in [0.1, 0.15) is 70.8 Å². The average Bonchev–Trinajstić information content (AvgIpc) is 3.24. The zero-order chi connectivity index (χ0) is 40.3. The van der Waals surface area contributed by atoms with Crippen LogP contribution in [0.3, 0.4) is 0 Å². The van der Waals surface area contributed by atoms with Crippen molar-refractivity contribution < 1.29 is 28.5 Å². The molecule has 0 bridgehead atoms. The third kappa shape index (κ3) is 9.45. The zero-order valence-corrected chi connectivity index (χ0v) is 32.2. The van der Waals surface area contributed by atoms with Gasteiger partial charge in [-0.2, -0.15) is 5.26 Å².